The average Bonchev–Trinajstić information content (AvgIpc) is 2.45. The van der Waals surface area contributed by atoms with Gasteiger partial charge in [-0.05, 0) is 31.5 Å². The van der Waals surface area contributed by atoms with E-state index in [1.807, 2.05) is 18.2 Å². The van der Waals surface area contributed by atoms with E-state index in [1.165, 1.54) is 4.68 Å². The van der Waals surface area contributed by atoms with Crippen molar-refractivity contribution in [1.82, 2.24) is 9.78 Å². The molecule has 1 heterocycles. The zero-order valence-corrected chi connectivity index (χ0v) is 14.4. The summed E-state index contributed by atoms with van der Waals surface area (Å²) in [5.74, 6) is 0. The van der Waals surface area contributed by atoms with Crippen LogP contribution in [0.4, 0.5) is 5.69 Å². The zero-order valence-electron chi connectivity index (χ0n) is 12.0. The topological polar surface area (TPSA) is 38.1 Å². The maximum atomic E-state index is 12.2. The van der Waals surface area contributed by atoms with Crippen molar-refractivity contribution in [3.05, 3.63) is 55.9 Å². The summed E-state index contributed by atoms with van der Waals surface area (Å²) in [5, 5.41) is 4.86. The van der Waals surface area contributed by atoms with Gasteiger partial charge < -0.3 is 4.90 Å². The standard InChI is InChI=1S/C15H17BrClN3O/c1-3-19(4-2)13-8-15(21)20(18-9-13)10-11-5-6-12(16)7-14(11)17/h5-9H,3-4,10H2,1-2H3. The molecule has 0 aliphatic rings. The minimum absolute atomic E-state index is 0.126. The van der Waals surface area contributed by atoms with E-state index in [0.29, 0.717) is 11.6 Å². The Labute approximate surface area is 137 Å². The van der Waals surface area contributed by atoms with E-state index < -0.39 is 0 Å². The number of rotatable bonds is 5. The molecule has 0 bridgehead atoms. The predicted molar refractivity (Wildman–Crippen MR) is 90.3 cm³/mol. The highest BCUT2D eigenvalue weighted by molar-refractivity contribution is 9.10. The summed E-state index contributed by atoms with van der Waals surface area (Å²) in [6.07, 6.45) is 1.72. The number of nitrogens with zero attached hydrogens (tertiary/aromatic N) is 3. The molecular weight excluding hydrogens is 354 g/mol. The van der Waals surface area contributed by atoms with Gasteiger partial charge in [-0.25, -0.2) is 4.68 Å². The molecule has 21 heavy (non-hydrogen) atoms. The van der Waals surface area contributed by atoms with E-state index >= 15 is 0 Å². The second-order valence-electron chi connectivity index (χ2n) is 4.62. The van der Waals surface area contributed by atoms with Crippen molar-refractivity contribution < 1.29 is 0 Å². The van der Waals surface area contributed by atoms with Crippen LogP contribution in [0.3, 0.4) is 0 Å². The first-order valence-corrected chi connectivity index (χ1v) is 7.98. The first-order chi connectivity index (χ1) is 10.0. The van der Waals surface area contributed by atoms with Gasteiger partial charge in [-0.2, -0.15) is 5.10 Å². The summed E-state index contributed by atoms with van der Waals surface area (Å²) < 4.78 is 2.33. The van der Waals surface area contributed by atoms with Crippen LogP contribution in [0.2, 0.25) is 5.02 Å². The first kappa shape index (κ1) is 16.0. The third kappa shape index (κ3) is 3.86. The second-order valence-corrected chi connectivity index (χ2v) is 5.94. The monoisotopic (exact) mass is 369 g/mol. The molecule has 0 atom stereocenters. The molecule has 0 aliphatic heterocycles. The fraction of sp³-hybridized carbons (Fsp3) is 0.333. The summed E-state index contributed by atoms with van der Waals surface area (Å²) >= 11 is 9.54. The Morgan fingerprint density at radius 1 is 1.29 bits per heavy atom. The van der Waals surface area contributed by atoms with Crippen LogP contribution in [0.5, 0.6) is 0 Å². The fourth-order valence-corrected chi connectivity index (χ4v) is 2.85. The average molecular weight is 371 g/mol. The molecule has 1 aromatic carbocycles. The van der Waals surface area contributed by atoms with E-state index in [9.17, 15) is 4.79 Å². The molecule has 1 aromatic heterocycles. The number of aromatic nitrogens is 2. The van der Waals surface area contributed by atoms with Crippen LogP contribution in [0.25, 0.3) is 0 Å². The molecule has 112 valence electrons. The summed E-state index contributed by atoms with van der Waals surface area (Å²) in [6.45, 7) is 6.16. The minimum atomic E-state index is -0.126. The Morgan fingerprint density at radius 3 is 2.57 bits per heavy atom. The number of hydrogen-bond donors (Lipinski definition) is 0. The Morgan fingerprint density at radius 2 is 2.00 bits per heavy atom. The van der Waals surface area contributed by atoms with E-state index in [-0.39, 0.29) is 5.56 Å². The molecule has 0 N–H and O–H groups in total. The fourth-order valence-electron chi connectivity index (χ4n) is 2.12. The van der Waals surface area contributed by atoms with Gasteiger partial charge in [0.25, 0.3) is 5.56 Å². The third-order valence-corrected chi connectivity index (χ3v) is 4.16. The zero-order chi connectivity index (χ0) is 15.4. The maximum Gasteiger partial charge on any atom is 0.269 e. The molecule has 4 nitrogen and oxygen atoms in total. The van der Waals surface area contributed by atoms with Crippen LogP contribution < -0.4 is 10.5 Å². The number of anilines is 1. The highest BCUT2D eigenvalue weighted by Crippen LogP contribution is 2.21. The third-order valence-electron chi connectivity index (χ3n) is 3.32. The normalized spacial score (nSPS) is 10.7. The van der Waals surface area contributed by atoms with Crippen LogP contribution in [0.15, 0.2) is 39.7 Å². The number of benzene rings is 1. The Balaban J connectivity index is 2.27. The van der Waals surface area contributed by atoms with Gasteiger partial charge in [0.05, 0.1) is 18.4 Å². The van der Waals surface area contributed by atoms with Crippen LogP contribution in [-0.2, 0) is 6.54 Å². The van der Waals surface area contributed by atoms with Gasteiger partial charge in [-0.15, -0.1) is 0 Å². The summed E-state index contributed by atoms with van der Waals surface area (Å²) in [6, 6.07) is 7.22. The highest BCUT2D eigenvalue weighted by atomic mass is 79.9. The van der Waals surface area contributed by atoms with Gasteiger partial charge in [0, 0.05) is 28.7 Å². The van der Waals surface area contributed by atoms with Gasteiger partial charge in [0.1, 0.15) is 0 Å². The second kappa shape index (κ2) is 7.09. The number of hydrogen-bond acceptors (Lipinski definition) is 3. The Bertz CT molecular complexity index is 683. The van der Waals surface area contributed by atoms with E-state index in [2.05, 4.69) is 39.8 Å². The lowest BCUT2D eigenvalue weighted by Gasteiger charge is -2.20. The summed E-state index contributed by atoms with van der Waals surface area (Å²) in [5.41, 5.74) is 1.59. The van der Waals surface area contributed by atoms with Crippen molar-refractivity contribution in [2.24, 2.45) is 0 Å². The molecule has 0 saturated heterocycles. The van der Waals surface area contributed by atoms with Gasteiger partial charge in [0.15, 0.2) is 0 Å². The van der Waals surface area contributed by atoms with E-state index in [1.54, 1.807) is 12.3 Å². The summed E-state index contributed by atoms with van der Waals surface area (Å²) in [4.78, 5) is 14.3. The largest absolute Gasteiger partial charge is 0.371 e. The van der Waals surface area contributed by atoms with Crippen LogP contribution in [-0.4, -0.2) is 22.9 Å². The smallest absolute Gasteiger partial charge is 0.269 e. The Hall–Kier alpha value is -1.33. The van der Waals surface area contributed by atoms with Crippen molar-refractivity contribution in [2.75, 3.05) is 18.0 Å². The maximum absolute atomic E-state index is 12.2. The quantitative estimate of drug-likeness (QED) is 0.808. The van der Waals surface area contributed by atoms with Crippen molar-refractivity contribution >= 4 is 33.2 Å². The van der Waals surface area contributed by atoms with Gasteiger partial charge in [-0.1, -0.05) is 33.6 Å². The lowest BCUT2D eigenvalue weighted by Crippen LogP contribution is -2.28. The molecule has 0 radical (unpaired) electrons. The first-order valence-electron chi connectivity index (χ1n) is 6.81. The molecule has 2 rings (SSSR count). The molecule has 2 aromatic rings. The van der Waals surface area contributed by atoms with Gasteiger partial charge in [-0.3, -0.25) is 4.79 Å². The molecular formula is C15H17BrClN3O. The van der Waals surface area contributed by atoms with E-state index in [4.69, 9.17) is 11.6 Å². The van der Waals surface area contributed by atoms with Gasteiger partial charge >= 0.3 is 0 Å². The van der Waals surface area contributed by atoms with E-state index in [0.717, 1.165) is 28.8 Å². The number of halogens is 2. The van der Waals surface area contributed by atoms with Crippen LogP contribution in [0.1, 0.15) is 19.4 Å². The Kier molecular flexibility index (Phi) is 5.42. The van der Waals surface area contributed by atoms with Crippen LogP contribution >= 0.6 is 27.5 Å². The molecule has 0 unspecified atom stereocenters. The van der Waals surface area contributed by atoms with Crippen molar-refractivity contribution in [3.8, 4) is 0 Å². The summed E-state index contributed by atoms with van der Waals surface area (Å²) in [7, 11) is 0. The highest BCUT2D eigenvalue weighted by Gasteiger charge is 2.08. The molecule has 0 fully saturated rings. The van der Waals surface area contributed by atoms with Gasteiger partial charge in [0.2, 0.25) is 0 Å². The predicted octanol–water partition coefficient (Wildman–Crippen LogP) is 3.55. The van der Waals surface area contributed by atoms with Crippen LogP contribution in [0, 0.1) is 0 Å². The molecule has 0 aliphatic carbocycles. The van der Waals surface area contributed by atoms with Crippen molar-refractivity contribution in [1.29, 1.82) is 0 Å². The molecule has 6 heteroatoms. The lowest BCUT2D eigenvalue weighted by molar-refractivity contribution is 0.636. The molecule has 0 amide bonds. The molecule has 0 saturated carbocycles. The van der Waals surface area contributed by atoms with Crippen molar-refractivity contribution in [3.63, 3.8) is 0 Å². The SMILES string of the molecule is CCN(CC)c1cnn(Cc2ccc(Br)cc2Cl)c(=O)c1. The van der Waals surface area contributed by atoms with Crippen molar-refractivity contribution in [2.45, 2.75) is 20.4 Å². The molecule has 0 spiro atoms. The lowest BCUT2D eigenvalue weighted by atomic mass is 10.2. The minimum Gasteiger partial charge on any atom is -0.371 e.